The van der Waals surface area contributed by atoms with E-state index in [-0.39, 0.29) is 6.09 Å². The molecule has 5 nitrogen and oxygen atoms in total. The Hall–Kier alpha value is -1.14. The van der Waals surface area contributed by atoms with Gasteiger partial charge in [-0.05, 0) is 74.5 Å². The molecule has 0 saturated carbocycles. The van der Waals surface area contributed by atoms with Crippen molar-refractivity contribution in [3.8, 4) is 0 Å². The van der Waals surface area contributed by atoms with E-state index in [1.807, 2.05) is 32.9 Å². The number of aliphatic hydroxyl groups is 1. The molecule has 1 aliphatic heterocycles. The van der Waals surface area contributed by atoms with Crippen molar-refractivity contribution in [2.75, 3.05) is 13.1 Å². The van der Waals surface area contributed by atoms with E-state index in [9.17, 15) is 9.90 Å². The summed E-state index contributed by atoms with van der Waals surface area (Å²) in [7, 11) is 0. The summed E-state index contributed by atoms with van der Waals surface area (Å²) in [6, 6.07) is 3.72. The molecule has 0 aromatic carbocycles. The van der Waals surface area contributed by atoms with Crippen LogP contribution in [0.15, 0.2) is 22.8 Å². The third-order valence-corrected chi connectivity index (χ3v) is 4.39. The molecule has 6 heteroatoms. The molecule has 0 spiro atoms. The molecule has 23 heavy (non-hydrogen) atoms. The van der Waals surface area contributed by atoms with Crippen molar-refractivity contribution in [2.45, 2.75) is 57.7 Å². The van der Waals surface area contributed by atoms with Gasteiger partial charge >= 0.3 is 6.09 Å². The Morgan fingerprint density at radius 2 is 2.04 bits per heavy atom. The molecule has 1 saturated heterocycles. The average molecular weight is 385 g/mol. The molecule has 1 atom stereocenters. The first kappa shape index (κ1) is 18.2. The molecule has 1 aromatic heterocycles. The molecule has 0 radical (unpaired) electrons. The summed E-state index contributed by atoms with van der Waals surface area (Å²) in [6.07, 6.45) is 4.18. The van der Waals surface area contributed by atoms with E-state index >= 15 is 0 Å². The molecule has 0 aliphatic carbocycles. The van der Waals surface area contributed by atoms with Crippen LogP contribution in [0.1, 0.15) is 52.1 Å². The van der Waals surface area contributed by atoms with Gasteiger partial charge in [0.15, 0.2) is 0 Å². The summed E-state index contributed by atoms with van der Waals surface area (Å²) in [5.74, 6) is 0. The number of amides is 1. The van der Waals surface area contributed by atoms with Crippen LogP contribution in [-0.2, 0) is 10.3 Å². The SMILES string of the molecule is CC(C)(C)OC(=O)N1CCCCC(O)(c2ccc(Br)cn2)CC1. The molecular weight excluding hydrogens is 360 g/mol. The zero-order valence-corrected chi connectivity index (χ0v) is 15.6. The van der Waals surface area contributed by atoms with Crippen LogP contribution in [0.25, 0.3) is 0 Å². The highest BCUT2D eigenvalue weighted by Gasteiger charge is 2.34. The van der Waals surface area contributed by atoms with Crippen LogP contribution in [0, 0.1) is 0 Å². The maximum Gasteiger partial charge on any atom is 0.410 e. The van der Waals surface area contributed by atoms with E-state index in [2.05, 4.69) is 20.9 Å². The Morgan fingerprint density at radius 1 is 1.30 bits per heavy atom. The maximum atomic E-state index is 12.3. The van der Waals surface area contributed by atoms with E-state index in [0.29, 0.717) is 31.6 Å². The second-order valence-electron chi connectivity index (χ2n) is 7.07. The Kier molecular flexibility index (Phi) is 5.68. The Morgan fingerprint density at radius 3 is 2.65 bits per heavy atom. The van der Waals surface area contributed by atoms with Crippen LogP contribution in [0.4, 0.5) is 4.79 Å². The second kappa shape index (κ2) is 7.18. The van der Waals surface area contributed by atoms with E-state index < -0.39 is 11.2 Å². The standard InChI is InChI=1S/C17H25BrN2O3/c1-16(2,3)23-15(21)20-10-5-4-8-17(22,9-11-20)14-7-6-13(18)12-19-14/h6-7,12,22H,4-5,8-11H2,1-3H3. The van der Waals surface area contributed by atoms with Crippen molar-refractivity contribution >= 4 is 22.0 Å². The number of carbonyl (C=O) groups is 1. The first-order valence-electron chi connectivity index (χ1n) is 8.02. The average Bonchev–Trinajstić information content (AvgIpc) is 2.42. The minimum atomic E-state index is -0.999. The van der Waals surface area contributed by atoms with Crippen molar-refractivity contribution < 1.29 is 14.6 Å². The third-order valence-electron chi connectivity index (χ3n) is 3.92. The van der Waals surface area contributed by atoms with Crippen molar-refractivity contribution in [1.82, 2.24) is 9.88 Å². The van der Waals surface area contributed by atoms with Crippen LogP contribution in [0.3, 0.4) is 0 Å². The third kappa shape index (κ3) is 5.18. The molecule has 0 bridgehead atoms. The van der Waals surface area contributed by atoms with E-state index in [1.54, 1.807) is 11.1 Å². The van der Waals surface area contributed by atoms with E-state index in [0.717, 1.165) is 17.3 Å². The molecule has 1 fully saturated rings. The Bertz CT molecular complexity index is 542. The number of likely N-dealkylation sites (tertiary alicyclic amines) is 1. The molecule has 2 rings (SSSR count). The maximum absolute atomic E-state index is 12.3. The van der Waals surface area contributed by atoms with Crippen molar-refractivity contribution in [3.05, 3.63) is 28.5 Å². The van der Waals surface area contributed by atoms with Gasteiger partial charge in [0, 0.05) is 23.8 Å². The molecule has 1 amide bonds. The highest BCUT2D eigenvalue weighted by atomic mass is 79.9. The van der Waals surface area contributed by atoms with Gasteiger partial charge < -0.3 is 14.7 Å². The Labute approximate surface area is 146 Å². The van der Waals surface area contributed by atoms with E-state index in [1.165, 1.54) is 0 Å². The quantitative estimate of drug-likeness (QED) is 0.798. The molecular formula is C17H25BrN2O3. The number of ether oxygens (including phenoxy) is 1. The van der Waals surface area contributed by atoms with Crippen LogP contribution in [0.2, 0.25) is 0 Å². The monoisotopic (exact) mass is 384 g/mol. The van der Waals surface area contributed by atoms with Crippen LogP contribution in [0.5, 0.6) is 0 Å². The number of rotatable bonds is 1. The minimum Gasteiger partial charge on any atom is -0.444 e. The number of carbonyl (C=O) groups excluding carboxylic acids is 1. The fourth-order valence-corrected chi connectivity index (χ4v) is 2.93. The van der Waals surface area contributed by atoms with Gasteiger partial charge in [0.25, 0.3) is 0 Å². The van der Waals surface area contributed by atoms with Crippen LogP contribution < -0.4 is 0 Å². The summed E-state index contributed by atoms with van der Waals surface area (Å²) in [6.45, 7) is 6.70. The second-order valence-corrected chi connectivity index (χ2v) is 7.98. The van der Waals surface area contributed by atoms with Gasteiger partial charge in [0.2, 0.25) is 0 Å². The highest BCUT2D eigenvalue weighted by Crippen LogP contribution is 2.32. The van der Waals surface area contributed by atoms with Crippen LogP contribution in [-0.4, -0.2) is 39.8 Å². The fourth-order valence-electron chi connectivity index (χ4n) is 2.69. The van der Waals surface area contributed by atoms with Gasteiger partial charge in [-0.3, -0.25) is 4.98 Å². The predicted molar refractivity (Wildman–Crippen MR) is 92.1 cm³/mol. The Balaban J connectivity index is 2.09. The van der Waals surface area contributed by atoms with Crippen molar-refractivity contribution in [3.63, 3.8) is 0 Å². The van der Waals surface area contributed by atoms with E-state index in [4.69, 9.17) is 4.74 Å². The number of nitrogens with zero attached hydrogens (tertiary/aromatic N) is 2. The van der Waals surface area contributed by atoms with Gasteiger partial charge in [-0.2, -0.15) is 0 Å². The largest absolute Gasteiger partial charge is 0.444 e. The molecule has 2 heterocycles. The lowest BCUT2D eigenvalue weighted by molar-refractivity contribution is -0.0152. The van der Waals surface area contributed by atoms with Gasteiger partial charge in [-0.25, -0.2) is 4.79 Å². The zero-order chi connectivity index (χ0) is 17.1. The highest BCUT2D eigenvalue weighted by molar-refractivity contribution is 9.10. The minimum absolute atomic E-state index is 0.314. The first-order chi connectivity index (χ1) is 10.7. The smallest absolute Gasteiger partial charge is 0.410 e. The number of halogens is 1. The normalized spacial score (nSPS) is 23.1. The van der Waals surface area contributed by atoms with Gasteiger partial charge in [-0.1, -0.05) is 0 Å². The zero-order valence-electron chi connectivity index (χ0n) is 14.0. The lowest BCUT2D eigenvalue weighted by Crippen LogP contribution is -2.42. The van der Waals surface area contributed by atoms with Crippen molar-refractivity contribution in [2.24, 2.45) is 0 Å². The summed E-state index contributed by atoms with van der Waals surface area (Å²) in [4.78, 5) is 18.3. The lowest BCUT2D eigenvalue weighted by Gasteiger charge is -2.34. The summed E-state index contributed by atoms with van der Waals surface area (Å²) >= 11 is 3.36. The molecule has 1 N–H and O–H groups in total. The summed E-state index contributed by atoms with van der Waals surface area (Å²) in [5.41, 5.74) is -0.851. The number of hydrogen-bond acceptors (Lipinski definition) is 4. The topological polar surface area (TPSA) is 62.7 Å². The lowest BCUT2D eigenvalue weighted by atomic mass is 9.87. The van der Waals surface area contributed by atoms with Gasteiger partial charge in [0.1, 0.15) is 11.2 Å². The predicted octanol–water partition coefficient (Wildman–Crippen LogP) is 3.84. The van der Waals surface area contributed by atoms with Gasteiger partial charge in [0.05, 0.1) is 5.69 Å². The molecule has 1 aliphatic rings. The molecule has 1 aromatic rings. The van der Waals surface area contributed by atoms with Crippen LogP contribution >= 0.6 is 15.9 Å². The summed E-state index contributed by atoms with van der Waals surface area (Å²) < 4.78 is 6.33. The number of hydrogen-bond donors (Lipinski definition) is 1. The summed E-state index contributed by atoms with van der Waals surface area (Å²) in [5, 5.41) is 11.0. The van der Waals surface area contributed by atoms with Gasteiger partial charge in [-0.15, -0.1) is 0 Å². The van der Waals surface area contributed by atoms with Crippen molar-refractivity contribution in [1.29, 1.82) is 0 Å². The fraction of sp³-hybridized carbons (Fsp3) is 0.647. The molecule has 1 unspecified atom stereocenters. The first-order valence-corrected chi connectivity index (χ1v) is 8.81. The number of pyridine rings is 1. The number of aromatic nitrogens is 1. The molecule has 128 valence electrons.